The predicted octanol–water partition coefficient (Wildman–Crippen LogP) is 1.47. The van der Waals surface area contributed by atoms with Gasteiger partial charge < -0.3 is 13.8 Å². The van der Waals surface area contributed by atoms with Crippen molar-refractivity contribution in [1.82, 2.24) is 0 Å². The smallest absolute Gasteiger partial charge is 0.305 e. The Morgan fingerprint density at radius 3 is 2.20 bits per heavy atom. The van der Waals surface area contributed by atoms with Crippen LogP contribution < -0.4 is 0 Å². The molecule has 0 aliphatic heterocycles. The van der Waals surface area contributed by atoms with Crippen LogP contribution in [0.2, 0.25) is 0 Å². The van der Waals surface area contributed by atoms with Crippen LogP contribution in [0.4, 0.5) is 0 Å². The number of unbranched alkanes of at least 4 members (excludes halogenated alkanes) is 2. The van der Waals surface area contributed by atoms with Gasteiger partial charge >= 0.3 is 5.97 Å². The molecule has 1 N–H and O–H groups in total. The van der Waals surface area contributed by atoms with Crippen LogP contribution in [0.15, 0.2) is 0 Å². The molecule has 95 valence electrons. The number of carbonyl (C=O) groups excluding carboxylic acids is 1. The summed E-state index contributed by atoms with van der Waals surface area (Å²) in [6.07, 6.45) is 3.83. The SMILES string of the molecule is CCCCCC(=O)OCC.O=S([O-])O.[Co]. The van der Waals surface area contributed by atoms with Crippen molar-refractivity contribution < 1.29 is 39.6 Å². The van der Waals surface area contributed by atoms with E-state index in [0.29, 0.717) is 13.0 Å². The third-order valence-corrected chi connectivity index (χ3v) is 1.29. The molecule has 0 aromatic rings. The average Bonchev–Trinajstić information content (AvgIpc) is 2.04. The topological polar surface area (TPSA) is 86.7 Å². The minimum atomic E-state index is -2.86. The van der Waals surface area contributed by atoms with Crippen LogP contribution in [0.5, 0.6) is 0 Å². The Morgan fingerprint density at radius 2 is 1.87 bits per heavy atom. The summed E-state index contributed by atoms with van der Waals surface area (Å²) in [4.78, 5) is 10.7. The van der Waals surface area contributed by atoms with E-state index in [4.69, 9.17) is 18.1 Å². The van der Waals surface area contributed by atoms with E-state index in [0.717, 1.165) is 19.3 Å². The Balaban J connectivity index is -0.000000249. The van der Waals surface area contributed by atoms with Gasteiger partial charge in [-0.25, -0.2) is 4.21 Å². The molecule has 0 fully saturated rings. The van der Waals surface area contributed by atoms with Crippen LogP contribution in [0.25, 0.3) is 0 Å². The second kappa shape index (κ2) is 16.5. The number of carbonyl (C=O) groups is 1. The average molecular weight is 284 g/mol. The summed E-state index contributed by atoms with van der Waals surface area (Å²) in [5, 5.41) is 0. The molecule has 0 saturated heterocycles. The molecule has 0 amide bonds. The van der Waals surface area contributed by atoms with Crippen molar-refractivity contribution in [3.05, 3.63) is 0 Å². The van der Waals surface area contributed by atoms with Crippen molar-refractivity contribution >= 4 is 17.3 Å². The molecule has 5 nitrogen and oxygen atoms in total. The second-order valence-electron chi connectivity index (χ2n) is 2.48. The summed E-state index contributed by atoms with van der Waals surface area (Å²) in [5.74, 6) is -0.0593. The van der Waals surface area contributed by atoms with Crippen molar-refractivity contribution in [3.8, 4) is 0 Å². The molecule has 1 atom stereocenters. The van der Waals surface area contributed by atoms with Gasteiger partial charge in [0.15, 0.2) is 0 Å². The molecule has 0 aliphatic rings. The summed E-state index contributed by atoms with van der Waals surface area (Å²) in [6, 6.07) is 0. The van der Waals surface area contributed by atoms with Crippen LogP contribution in [-0.2, 0) is 37.7 Å². The fourth-order valence-electron chi connectivity index (χ4n) is 0.752. The standard InChI is InChI=1S/C8H16O2.Co.H2O3S/c1-3-5-6-7-8(9)10-4-2;;1-4(2)3/h3-7H2,1-2H3;;(H2,1,2,3)/p-1. The normalized spacial score (nSPS) is 10.4. The van der Waals surface area contributed by atoms with Gasteiger partial charge in [-0.05, 0) is 13.3 Å². The van der Waals surface area contributed by atoms with E-state index in [1.165, 1.54) is 0 Å². The number of rotatable bonds is 5. The van der Waals surface area contributed by atoms with E-state index in [1.54, 1.807) is 0 Å². The van der Waals surface area contributed by atoms with Crippen molar-refractivity contribution in [2.24, 2.45) is 0 Å². The molecular weight excluding hydrogens is 267 g/mol. The van der Waals surface area contributed by atoms with Crippen molar-refractivity contribution in [1.29, 1.82) is 0 Å². The summed E-state index contributed by atoms with van der Waals surface area (Å²) in [7, 11) is 0. The van der Waals surface area contributed by atoms with Gasteiger partial charge in [-0.3, -0.25) is 4.79 Å². The molecule has 0 heterocycles. The van der Waals surface area contributed by atoms with E-state index in [9.17, 15) is 4.79 Å². The number of hydrogen-bond donors (Lipinski definition) is 1. The first-order valence-electron chi connectivity index (χ1n) is 4.48. The summed E-state index contributed by atoms with van der Waals surface area (Å²) in [6.45, 7) is 4.45. The Morgan fingerprint density at radius 1 is 1.40 bits per heavy atom. The monoisotopic (exact) mass is 284 g/mol. The first kappa shape index (κ1) is 20.5. The minimum Gasteiger partial charge on any atom is -0.750 e. The molecule has 0 aliphatic carbocycles. The van der Waals surface area contributed by atoms with E-state index >= 15 is 0 Å². The molecule has 0 aromatic carbocycles. The van der Waals surface area contributed by atoms with Crippen molar-refractivity contribution in [2.45, 2.75) is 39.5 Å². The summed E-state index contributed by atoms with van der Waals surface area (Å²) in [5.41, 5.74) is 0. The van der Waals surface area contributed by atoms with Gasteiger partial charge in [0.1, 0.15) is 0 Å². The van der Waals surface area contributed by atoms with Gasteiger partial charge in [0.2, 0.25) is 0 Å². The van der Waals surface area contributed by atoms with Gasteiger partial charge in [-0.15, -0.1) is 0 Å². The molecule has 1 unspecified atom stereocenters. The zero-order valence-corrected chi connectivity index (χ0v) is 10.7. The molecule has 7 heteroatoms. The van der Waals surface area contributed by atoms with Crippen molar-refractivity contribution in [3.63, 3.8) is 0 Å². The van der Waals surface area contributed by atoms with Crippen LogP contribution in [0, 0.1) is 0 Å². The zero-order chi connectivity index (χ0) is 11.4. The number of esters is 1. The van der Waals surface area contributed by atoms with Crippen LogP contribution in [0.3, 0.4) is 0 Å². The maximum atomic E-state index is 10.7. The zero-order valence-electron chi connectivity index (χ0n) is 8.86. The molecule has 0 aromatic heterocycles. The molecule has 0 bridgehead atoms. The van der Waals surface area contributed by atoms with E-state index in [-0.39, 0.29) is 22.7 Å². The molecule has 0 saturated carbocycles. The van der Waals surface area contributed by atoms with Gasteiger partial charge in [0.25, 0.3) is 0 Å². The fraction of sp³-hybridized carbons (Fsp3) is 0.875. The Labute approximate surface area is 103 Å². The van der Waals surface area contributed by atoms with Crippen molar-refractivity contribution in [2.75, 3.05) is 6.61 Å². The van der Waals surface area contributed by atoms with Crippen LogP contribution >= 0.6 is 0 Å². The predicted molar refractivity (Wildman–Crippen MR) is 52.3 cm³/mol. The Bertz CT molecular complexity index is 161. The molecule has 0 spiro atoms. The second-order valence-corrected chi connectivity index (χ2v) is 2.91. The maximum Gasteiger partial charge on any atom is 0.305 e. The minimum absolute atomic E-state index is 0. The summed E-state index contributed by atoms with van der Waals surface area (Å²) >= 11 is -2.86. The van der Waals surface area contributed by atoms with Gasteiger partial charge in [-0.1, -0.05) is 19.8 Å². The van der Waals surface area contributed by atoms with E-state index in [2.05, 4.69) is 6.92 Å². The first-order valence-corrected chi connectivity index (χ1v) is 5.51. The molecular formula is C8H17CoO5S-. The Kier molecular flexibility index (Phi) is 22.5. The fourth-order valence-corrected chi connectivity index (χ4v) is 0.752. The van der Waals surface area contributed by atoms with Crippen LogP contribution in [0.1, 0.15) is 39.5 Å². The van der Waals surface area contributed by atoms with Gasteiger partial charge in [0, 0.05) is 23.2 Å². The van der Waals surface area contributed by atoms with Gasteiger partial charge in [0.05, 0.1) is 18.0 Å². The largest absolute Gasteiger partial charge is 0.750 e. The van der Waals surface area contributed by atoms with Crippen LogP contribution in [-0.4, -0.2) is 25.9 Å². The van der Waals surface area contributed by atoms with Gasteiger partial charge in [-0.2, -0.15) is 0 Å². The third-order valence-electron chi connectivity index (χ3n) is 1.29. The quantitative estimate of drug-likeness (QED) is 0.469. The number of ether oxygens (including phenoxy) is 1. The third kappa shape index (κ3) is 31.5. The molecule has 0 rings (SSSR count). The first-order chi connectivity index (χ1) is 6.54. The van der Waals surface area contributed by atoms with E-state index in [1.807, 2.05) is 6.92 Å². The maximum absolute atomic E-state index is 10.7. The van der Waals surface area contributed by atoms with E-state index < -0.39 is 11.4 Å². The Hall–Kier alpha value is 0.0465. The molecule has 15 heavy (non-hydrogen) atoms. The molecule has 1 radical (unpaired) electrons. The summed E-state index contributed by atoms with van der Waals surface area (Å²) < 4.78 is 28.8. The number of hydrogen-bond acceptors (Lipinski definition) is 4.